The van der Waals surface area contributed by atoms with Gasteiger partial charge in [0.05, 0.1) is 5.69 Å². The number of benzene rings is 4. The number of hydrogen-bond acceptors (Lipinski definition) is 6. The Bertz CT molecular complexity index is 1560. The standard InChI is InChI=1S/C31H29N5O4S/c1-20(37)34-25-11-13-26(14-12-25)41-28-15-10-24(29(38)33-19-22-7-5-6-21(16-22)18-32)17-27(28)35-31(40)36-30(39)23-8-3-2-4-9-23/h2-17H,18-19,32H2,1H3,(H,33,38)(H,34,37)(H2,35,36,39,40). The summed E-state index contributed by atoms with van der Waals surface area (Å²) in [7, 11) is 0. The number of rotatable bonds is 9. The molecule has 0 aliphatic rings. The van der Waals surface area contributed by atoms with E-state index in [2.05, 4.69) is 21.3 Å². The second-order valence-corrected chi connectivity index (χ2v) is 10.1. The minimum absolute atomic E-state index is 0.172. The number of carbonyl (C=O) groups is 4. The first-order valence-corrected chi connectivity index (χ1v) is 13.6. The number of urea groups is 1. The number of nitrogens with two attached hydrogens (primary N) is 1. The number of nitrogens with one attached hydrogen (secondary N) is 4. The highest BCUT2D eigenvalue weighted by molar-refractivity contribution is 7.99. The molecule has 0 atom stereocenters. The maximum Gasteiger partial charge on any atom is 0.326 e. The Morgan fingerprint density at radius 2 is 1.46 bits per heavy atom. The predicted octanol–water partition coefficient (Wildman–Crippen LogP) is 5.15. The van der Waals surface area contributed by atoms with Gasteiger partial charge >= 0.3 is 6.03 Å². The third-order valence-electron chi connectivity index (χ3n) is 5.84. The van der Waals surface area contributed by atoms with E-state index in [4.69, 9.17) is 5.73 Å². The normalized spacial score (nSPS) is 10.4. The molecule has 0 bridgehead atoms. The fraction of sp³-hybridized carbons (Fsp3) is 0.0968. The summed E-state index contributed by atoms with van der Waals surface area (Å²) >= 11 is 1.35. The first-order valence-electron chi connectivity index (χ1n) is 12.7. The zero-order valence-corrected chi connectivity index (χ0v) is 23.1. The van der Waals surface area contributed by atoms with Crippen molar-refractivity contribution in [1.82, 2.24) is 10.6 Å². The highest BCUT2D eigenvalue weighted by Gasteiger charge is 2.16. The molecule has 0 unspecified atom stereocenters. The first kappa shape index (κ1) is 29.1. The molecule has 208 valence electrons. The van der Waals surface area contributed by atoms with E-state index in [9.17, 15) is 19.2 Å². The molecule has 41 heavy (non-hydrogen) atoms. The molecule has 9 nitrogen and oxygen atoms in total. The lowest BCUT2D eigenvalue weighted by Crippen LogP contribution is -2.34. The van der Waals surface area contributed by atoms with Crippen LogP contribution >= 0.6 is 11.8 Å². The van der Waals surface area contributed by atoms with Gasteiger partial charge < -0.3 is 21.7 Å². The number of anilines is 2. The molecular weight excluding hydrogens is 538 g/mol. The Balaban J connectivity index is 1.53. The van der Waals surface area contributed by atoms with Crippen LogP contribution in [0.1, 0.15) is 38.8 Å². The van der Waals surface area contributed by atoms with Gasteiger partial charge in [-0.1, -0.05) is 54.2 Å². The molecule has 0 radical (unpaired) electrons. The SMILES string of the molecule is CC(=O)Nc1ccc(Sc2ccc(C(=O)NCc3cccc(CN)c3)cc2NC(=O)NC(=O)c2ccccc2)cc1. The molecule has 0 saturated heterocycles. The molecule has 4 aromatic rings. The Morgan fingerprint density at radius 3 is 2.17 bits per heavy atom. The van der Waals surface area contributed by atoms with Crippen molar-refractivity contribution in [2.45, 2.75) is 29.8 Å². The summed E-state index contributed by atoms with van der Waals surface area (Å²) in [4.78, 5) is 51.1. The highest BCUT2D eigenvalue weighted by atomic mass is 32.2. The summed E-state index contributed by atoms with van der Waals surface area (Å²) in [5.41, 5.74) is 9.25. The molecule has 0 aromatic heterocycles. The summed E-state index contributed by atoms with van der Waals surface area (Å²) in [6.45, 7) is 2.14. The van der Waals surface area contributed by atoms with Crippen LogP contribution in [0, 0.1) is 0 Å². The van der Waals surface area contributed by atoms with Crippen molar-refractivity contribution in [2.75, 3.05) is 10.6 Å². The maximum absolute atomic E-state index is 13.0. The Kier molecular flexibility index (Phi) is 9.87. The summed E-state index contributed by atoms with van der Waals surface area (Å²) in [5, 5.41) is 10.6. The topological polar surface area (TPSA) is 142 Å². The fourth-order valence-corrected chi connectivity index (χ4v) is 4.75. The quantitative estimate of drug-likeness (QED) is 0.189. The third-order valence-corrected chi connectivity index (χ3v) is 6.92. The molecule has 0 saturated carbocycles. The molecule has 0 heterocycles. The molecule has 10 heteroatoms. The van der Waals surface area contributed by atoms with Crippen LogP contribution in [0.3, 0.4) is 0 Å². The van der Waals surface area contributed by atoms with Crippen LogP contribution in [0.15, 0.2) is 107 Å². The highest BCUT2D eigenvalue weighted by Crippen LogP contribution is 2.35. The van der Waals surface area contributed by atoms with Crippen LogP contribution in [0.5, 0.6) is 0 Å². The maximum atomic E-state index is 13.0. The molecule has 0 spiro atoms. The van der Waals surface area contributed by atoms with Gasteiger partial charge in [0, 0.05) is 46.6 Å². The van der Waals surface area contributed by atoms with E-state index in [0.29, 0.717) is 40.5 Å². The Hall–Kier alpha value is -4.93. The molecule has 0 fully saturated rings. The zero-order chi connectivity index (χ0) is 29.2. The fourth-order valence-electron chi connectivity index (χ4n) is 3.86. The average molecular weight is 568 g/mol. The summed E-state index contributed by atoms with van der Waals surface area (Å²) in [6, 6.07) is 27.4. The van der Waals surface area contributed by atoms with Gasteiger partial charge in [-0.15, -0.1) is 0 Å². The largest absolute Gasteiger partial charge is 0.348 e. The Morgan fingerprint density at radius 1 is 0.732 bits per heavy atom. The van der Waals surface area contributed by atoms with Crippen LogP contribution in [-0.2, 0) is 17.9 Å². The summed E-state index contributed by atoms with van der Waals surface area (Å²) in [6.07, 6.45) is 0. The molecule has 5 amide bonds. The van der Waals surface area contributed by atoms with Gasteiger partial charge in [-0.25, -0.2) is 4.79 Å². The van der Waals surface area contributed by atoms with Crippen molar-refractivity contribution < 1.29 is 19.2 Å². The van der Waals surface area contributed by atoms with E-state index in [1.54, 1.807) is 60.7 Å². The van der Waals surface area contributed by atoms with Crippen LogP contribution in [0.2, 0.25) is 0 Å². The van der Waals surface area contributed by atoms with E-state index in [0.717, 1.165) is 16.0 Å². The van der Waals surface area contributed by atoms with Gasteiger partial charge in [0.2, 0.25) is 5.91 Å². The van der Waals surface area contributed by atoms with Crippen LogP contribution in [-0.4, -0.2) is 23.8 Å². The summed E-state index contributed by atoms with van der Waals surface area (Å²) in [5.74, 6) is -1.06. The van der Waals surface area contributed by atoms with Gasteiger partial charge in [-0.2, -0.15) is 0 Å². The summed E-state index contributed by atoms with van der Waals surface area (Å²) < 4.78 is 0. The minimum Gasteiger partial charge on any atom is -0.348 e. The zero-order valence-electron chi connectivity index (χ0n) is 22.3. The lowest BCUT2D eigenvalue weighted by Gasteiger charge is -2.14. The lowest BCUT2D eigenvalue weighted by atomic mass is 10.1. The predicted molar refractivity (Wildman–Crippen MR) is 160 cm³/mol. The van der Waals surface area contributed by atoms with Crippen molar-refractivity contribution in [3.05, 3.63) is 119 Å². The molecule has 0 aliphatic carbocycles. The van der Waals surface area contributed by atoms with Crippen molar-refractivity contribution >= 4 is 46.9 Å². The monoisotopic (exact) mass is 567 g/mol. The van der Waals surface area contributed by atoms with E-state index in [1.807, 2.05) is 36.4 Å². The van der Waals surface area contributed by atoms with E-state index < -0.39 is 11.9 Å². The van der Waals surface area contributed by atoms with E-state index in [-0.39, 0.29) is 11.8 Å². The van der Waals surface area contributed by atoms with Gasteiger partial charge in [0.15, 0.2) is 0 Å². The molecule has 4 rings (SSSR count). The van der Waals surface area contributed by atoms with E-state index >= 15 is 0 Å². The first-order chi connectivity index (χ1) is 19.8. The van der Waals surface area contributed by atoms with Crippen molar-refractivity contribution in [2.24, 2.45) is 5.73 Å². The average Bonchev–Trinajstić information content (AvgIpc) is 2.98. The number of hydrogen-bond donors (Lipinski definition) is 5. The second kappa shape index (κ2) is 13.9. The number of carbonyl (C=O) groups excluding carboxylic acids is 4. The number of imide groups is 1. The smallest absolute Gasteiger partial charge is 0.326 e. The molecule has 6 N–H and O–H groups in total. The second-order valence-electron chi connectivity index (χ2n) is 9.00. The lowest BCUT2D eigenvalue weighted by molar-refractivity contribution is -0.114. The van der Waals surface area contributed by atoms with Crippen LogP contribution < -0.4 is 27.0 Å². The van der Waals surface area contributed by atoms with E-state index in [1.165, 1.54) is 18.7 Å². The van der Waals surface area contributed by atoms with Gasteiger partial charge in [0.25, 0.3) is 11.8 Å². The third kappa shape index (κ3) is 8.53. The van der Waals surface area contributed by atoms with Crippen LogP contribution in [0.25, 0.3) is 0 Å². The molecule has 4 aromatic carbocycles. The number of amides is 5. The molecule has 0 aliphatic heterocycles. The van der Waals surface area contributed by atoms with Gasteiger partial charge in [-0.3, -0.25) is 19.7 Å². The van der Waals surface area contributed by atoms with Crippen LogP contribution in [0.4, 0.5) is 16.2 Å². The van der Waals surface area contributed by atoms with Crippen molar-refractivity contribution in [3.8, 4) is 0 Å². The van der Waals surface area contributed by atoms with Gasteiger partial charge in [0.1, 0.15) is 0 Å². The van der Waals surface area contributed by atoms with Crippen molar-refractivity contribution in [3.63, 3.8) is 0 Å². The van der Waals surface area contributed by atoms with Crippen molar-refractivity contribution in [1.29, 1.82) is 0 Å². The molecular formula is C31H29N5O4S. The minimum atomic E-state index is -0.738. The van der Waals surface area contributed by atoms with Gasteiger partial charge in [-0.05, 0) is 65.7 Å². The Labute approximate surface area is 241 Å².